The van der Waals surface area contributed by atoms with Gasteiger partial charge in [-0.15, -0.1) is 0 Å². The number of nitrogens with one attached hydrogen (secondary N) is 2. The largest absolute Gasteiger partial charge is 0.383 e. The molecular formula is C25H33N5O3. The molecule has 1 aromatic carbocycles. The van der Waals surface area contributed by atoms with Crippen molar-refractivity contribution in [1.82, 2.24) is 20.5 Å². The lowest BCUT2D eigenvalue weighted by atomic mass is 9.83. The monoisotopic (exact) mass is 451 g/mol. The lowest BCUT2D eigenvalue weighted by Crippen LogP contribution is -2.55. The van der Waals surface area contributed by atoms with Crippen LogP contribution in [0.15, 0.2) is 30.5 Å². The molecule has 2 unspecified atom stereocenters. The van der Waals surface area contributed by atoms with E-state index in [9.17, 15) is 14.4 Å². The number of rotatable bonds is 6. The number of hydrogen-bond acceptors (Lipinski definition) is 5. The minimum absolute atomic E-state index is 0.122. The maximum atomic E-state index is 13.5. The third-order valence-electron chi connectivity index (χ3n) is 6.91. The zero-order valence-corrected chi connectivity index (χ0v) is 19.2. The van der Waals surface area contributed by atoms with Gasteiger partial charge in [0.2, 0.25) is 17.7 Å². The molecule has 2 heterocycles. The zero-order valence-electron chi connectivity index (χ0n) is 19.2. The standard InChI is InChI=1S/C25H33N5O3/c1-16(31)29-22(18-6-3-2-4-7-18)25(33)30-13-5-8-21(30)24(32)28-15-17-9-10-20-19(14-17)11-12-27-23(20)26/h9-12,14,18,21-22H,2-8,13,15H2,1H3,(H2,26,27)(H,28,32)(H,29,31). The number of amides is 3. The highest BCUT2D eigenvalue weighted by Gasteiger charge is 2.40. The predicted octanol–water partition coefficient (Wildman–Crippen LogP) is 2.51. The average molecular weight is 452 g/mol. The number of likely N-dealkylation sites (tertiary alicyclic amines) is 1. The second kappa shape index (κ2) is 10.2. The Hall–Kier alpha value is -3.16. The Morgan fingerprint density at radius 1 is 1.12 bits per heavy atom. The van der Waals surface area contributed by atoms with E-state index in [1.54, 1.807) is 11.1 Å². The summed E-state index contributed by atoms with van der Waals surface area (Å²) in [6, 6.07) is 6.66. The van der Waals surface area contributed by atoms with Gasteiger partial charge in [0.15, 0.2) is 0 Å². The first-order chi connectivity index (χ1) is 15.9. The minimum Gasteiger partial charge on any atom is -0.383 e. The van der Waals surface area contributed by atoms with Crippen LogP contribution in [0, 0.1) is 5.92 Å². The van der Waals surface area contributed by atoms with Crippen LogP contribution in [0.4, 0.5) is 5.82 Å². The van der Waals surface area contributed by atoms with Crippen LogP contribution in [0.25, 0.3) is 10.8 Å². The maximum Gasteiger partial charge on any atom is 0.246 e. The first-order valence-electron chi connectivity index (χ1n) is 11.9. The molecule has 8 nitrogen and oxygen atoms in total. The van der Waals surface area contributed by atoms with E-state index in [0.717, 1.165) is 48.4 Å². The van der Waals surface area contributed by atoms with Gasteiger partial charge in [-0.25, -0.2) is 4.98 Å². The third-order valence-corrected chi connectivity index (χ3v) is 6.91. The summed E-state index contributed by atoms with van der Waals surface area (Å²) < 4.78 is 0. The Morgan fingerprint density at radius 2 is 1.91 bits per heavy atom. The van der Waals surface area contributed by atoms with Gasteiger partial charge in [-0.3, -0.25) is 14.4 Å². The van der Waals surface area contributed by atoms with E-state index in [-0.39, 0.29) is 23.6 Å². The molecule has 33 heavy (non-hydrogen) atoms. The van der Waals surface area contributed by atoms with Gasteiger partial charge in [-0.2, -0.15) is 0 Å². The predicted molar refractivity (Wildman–Crippen MR) is 127 cm³/mol. The first-order valence-corrected chi connectivity index (χ1v) is 11.9. The number of nitrogen functional groups attached to an aromatic ring is 1. The lowest BCUT2D eigenvalue weighted by Gasteiger charge is -2.34. The second-order valence-electron chi connectivity index (χ2n) is 9.24. The van der Waals surface area contributed by atoms with Crippen LogP contribution >= 0.6 is 0 Å². The lowest BCUT2D eigenvalue weighted by molar-refractivity contribution is -0.142. The van der Waals surface area contributed by atoms with E-state index in [4.69, 9.17) is 5.73 Å². The van der Waals surface area contributed by atoms with Crippen molar-refractivity contribution >= 4 is 34.3 Å². The van der Waals surface area contributed by atoms with Crippen molar-refractivity contribution in [3.63, 3.8) is 0 Å². The van der Waals surface area contributed by atoms with Gasteiger partial charge in [0, 0.05) is 31.6 Å². The summed E-state index contributed by atoms with van der Waals surface area (Å²) in [7, 11) is 0. The molecule has 3 amide bonds. The molecule has 8 heteroatoms. The number of nitrogens with two attached hydrogens (primary N) is 1. The van der Waals surface area contributed by atoms with Gasteiger partial charge < -0.3 is 21.3 Å². The fraction of sp³-hybridized carbons (Fsp3) is 0.520. The maximum absolute atomic E-state index is 13.5. The molecule has 2 fully saturated rings. The summed E-state index contributed by atoms with van der Waals surface area (Å²) in [5, 5.41) is 7.74. The molecule has 0 bridgehead atoms. The van der Waals surface area contributed by atoms with Gasteiger partial charge in [-0.05, 0) is 54.7 Å². The van der Waals surface area contributed by atoms with Gasteiger partial charge in [0.1, 0.15) is 17.9 Å². The molecule has 1 aliphatic carbocycles. The Kier molecular flexibility index (Phi) is 7.11. The Labute approximate surface area is 194 Å². The molecule has 4 rings (SSSR count). The number of carbonyl (C=O) groups excluding carboxylic acids is 3. The summed E-state index contributed by atoms with van der Waals surface area (Å²) >= 11 is 0. The van der Waals surface area contributed by atoms with E-state index in [1.165, 1.54) is 13.3 Å². The van der Waals surface area contributed by atoms with E-state index in [0.29, 0.717) is 25.3 Å². The van der Waals surface area contributed by atoms with Gasteiger partial charge in [-0.1, -0.05) is 31.4 Å². The third kappa shape index (κ3) is 5.26. The van der Waals surface area contributed by atoms with Crippen LogP contribution in [0.2, 0.25) is 0 Å². The Morgan fingerprint density at radius 3 is 2.67 bits per heavy atom. The fourth-order valence-corrected chi connectivity index (χ4v) is 5.22. The van der Waals surface area contributed by atoms with Gasteiger partial charge >= 0.3 is 0 Å². The topological polar surface area (TPSA) is 117 Å². The van der Waals surface area contributed by atoms with Crippen molar-refractivity contribution in [3.05, 3.63) is 36.0 Å². The number of carbonyl (C=O) groups is 3. The number of pyridine rings is 1. The highest BCUT2D eigenvalue weighted by Crippen LogP contribution is 2.29. The number of aromatic nitrogens is 1. The molecule has 4 N–H and O–H groups in total. The van der Waals surface area contributed by atoms with Crippen LogP contribution in [-0.2, 0) is 20.9 Å². The van der Waals surface area contributed by atoms with E-state index in [2.05, 4.69) is 15.6 Å². The SMILES string of the molecule is CC(=O)NC(C(=O)N1CCCC1C(=O)NCc1ccc2c(N)nccc2c1)C1CCCCC1. The van der Waals surface area contributed by atoms with Crippen molar-refractivity contribution < 1.29 is 14.4 Å². The number of nitrogens with zero attached hydrogens (tertiary/aromatic N) is 2. The highest BCUT2D eigenvalue weighted by atomic mass is 16.2. The normalized spacial score (nSPS) is 19.9. The quantitative estimate of drug-likeness (QED) is 0.624. The summed E-state index contributed by atoms with van der Waals surface area (Å²) in [4.78, 5) is 44.1. The second-order valence-corrected chi connectivity index (χ2v) is 9.24. The van der Waals surface area contributed by atoms with Crippen molar-refractivity contribution in [2.24, 2.45) is 5.92 Å². The van der Waals surface area contributed by atoms with Crippen molar-refractivity contribution in [1.29, 1.82) is 0 Å². The van der Waals surface area contributed by atoms with Crippen LogP contribution in [0.1, 0.15) is 57.4 Å². The molecule has 1 saturated heterocycles. The van der Waals surface area contributed by atoms with Crippen molar-refractivity contribution in [2.45, 2.75) is 70.5 Å². The number of anilines is 1. The number of benzene rings is 1. The van der Waals surface area contributed by atoms with Gasteiger partial charge in [0.05, 0.1) is 0 Å². The average Bonchev–Trinajstić information content (AvgIpc) is 3.31. The van der Waals surface area contributed by atoms with Crippen molar-refractivity contribution in [2.75, 3.05) is 12.3 Å². The number of hydrogen-bond donors (Lipinski definition) is 3. The molecule has 0 spiro atoms. The smallest absolute Gasteiger partial charge is 0.246 e. The molecule has 2 aromatic rings. The summed E-state index contributed by atoms with van der Waals surface area (Å²) in [5.41, 5.74) is 6.87. The molecule has 176 valence electrons. The minimum atomic E-state index is -0.546. The molecule has 1 aromatic heterocycles. The van der Waals surface area contributed by atoms with E-state index >= 15 is 0 Å². The number of fused-ring (bicyclic) bond motifs is 1. The first kappa shape index (κ1) is 23.0. The molecule has 1 saturated carbocycles. The van der Waals surface area contributed by atoms with E-state index < -0.39 is 12.1 Å². The highest BCUT2D eigenvalue weighted by molar-refractivity contribution is 5.93. The van der Waals surface area contributed by atoms with Crippen LogP contribution in [-0.4, -0.2) is 46.2 Å². The molecule has 2 aliphatic rings. The molecule has 2 atom stereocenters. The van der Waals surface area contributed by atoms with Crippen molar-refractivity contribution in [3.8, 4) is 0 Å². The zero-order chi connectivity index (χ0) is 23.4. The van der Waals surface area contributed by atoms with E-state index in [1.807, 2.05) is 24.3 Å². The summed E-state index contributed by atoms with van der Waals surface area (Å²) in [5.74, 6) is 0.143. The van der Waals surface area contributed by atoms with Crippen LogP contribution in [0.5, 0.6) is 0 Å². The summed E-state index contributed by atoms with van der Waals surface area (Å²) in [6.07, 6.45) is 8.27. The van der Waals surface area contributed by atoms with Crippen LogP contribution in [0.3, 0.4) is 0 Å². The summed E-state index contributed by atoms with van der Waals surface area (Å²) in [6.45, 7) is 2.36. The Bertz CT molecular complexity index is 1030. The van der Waals surface area contributed by atoms with Crippen LogP contribution < -0.4 is 16.4 Å². The molecule has 0 radical (unpaired) electrons. The van der Waals surface area contributed by atoms with Gasteiger partial charge in [0.25, 0.3) is 0 Å². The Balaban J connectivity index is 1.42. The fourth-order valence-electron chi connectivity index (χ4n) is 5.22. The molecular weight excluding hydrogens is 418 g/mol. The molecule has 1 aliphatic heterocycles.